The molecule has 0 radical (unpaired) electrons. The van der Waals surface area contributed by atoms with Crippen LogP contribution in [0.25, 0.3) is 10.2 Å². The van der Waals surface area contributed by atoms with Crippen LogP contribution in [0.2, 0.25) is 0 Å². The molecule has 1 aliphatic rings. The lowest BCUT2D eigenvalue weighted by atomic mass is 10.0. The van der Waals surface area contributed by atoms with Crippen molar-refractivity contribution in [2.75, 3.05) is 44.2 Å². The first kappa shape index (κ1) is 18.7. The zero-order chi connectivity index (χ0) is 19.7. The SMILES string of the molecule is COc1ccc(OC)c2sc(N3CCC(N(C)c4ncc(C)cn4)CC3)nc12. The third-order valence-corrected chi connectivity index (χ3v) is 6.40. The minimum atomic E-state index is 0.428. The normalized spacial score (nSPS) is 15.1. The first-order chi connectivity index (χ1) is 13.6. The second-order valence-electron chi connectivity index (χ2n) is 7.03. The molecule has 1 aliphatic heterocycles. The van der Waals surface area contributed by atoms with E-state index in [1.54, 1.807) is 25.6 Å². The van der Waals surface area contributed by atoms with Crippen LogP contribution in [0.15, 0.2) is 24.5 Å². The molecular formula is C20H25N5O2S. The lowest BCUT2D eigenvalue weighted by molar-refractivity contribution is 0.410. The summed E-state index contributed by atoms with van der Waals surface area (Å²) in [6.07, 6.45) is 5.82. The molecule has 0 unspecified atom stereocenters. The molecule has 0 N–H and O–H groups in total. The summed E-state index contributed by atoms with van der Waals surface area (Å²) in [7, 11) is 5.45. The van der Waals surface area contributed by atoms with Crippen LogP contribution in [0, 0.1) is 6.92 Å². The van der Waals surface area contributed by atoms with Gasteiger partial charge in [-0.15, -0.1) is 0 Å². The molecule has 0 aliphatic carbocycles. The van der Waals surface area contributed by atoms with Gasteiger partial charge in [-0.05, 0) is 37.5 Å². The Balaban J connectivity index is 1.50. The van der Waals surface area contributed by atoms with Crippen molar-refractivity contribution < 1.29 is 9.47 Å². The van der Waals surface area contributed by atoms with Gasteiger partial charge in [0.15, 0.2) is 5.13 Å². The fourth-order valence-electron chi connectivity index (χ4n) is 3.59. The predicted molar refractivity (Wildman–Crippen MR) is 113 cm³/mol. The minimum absolute atomic E-state index is 0.428. The Hall–Kier alpha value is -2.61. The van der Waals surface area contributed by atoms with Crippen LogP contribution >= 0.6 is 11.3 Å². The summed E-state index contributed by atoms with van der Waals surface area (Å²) < 4.78 is 12.0. The number of nitrogens with zero attached hydrogens (tertiary/aromatic N) is 5. The van der Waals surface area contributed by atoms with Crippen LogP contribution in [0.5, 0.6) is 11.5 Å². The van der Waals surface area contributed by atoms with Gasteiger partial charge in [-0.25, -0.2) is 15.0 Å². The molecule has 1 aromatic carbocycles. The molecule has 1 saturated heterocycles. The molecular weight excluding hydrogens is 374 g/mol. The Morgan fingerprint density at radius 3 is 2.36 bits per heavy atom. The largest absolute Gasteiger partial charge is 0.495 e. The molecule has 3 aromatic rings. The molecule has 1 fully saturated rings. The summed E-state index contributed by atoms with van der Waals surface area (Å²) in [6.45, 7) is 3.90. The van der Waals surface area contributed by atoms with Crippen molar-refractivity contribution in [3.8, 4) is 11.5 Å². The Morgan fingerprint density at radius 1 is 1.07 bits per heavy atom. The Labute approximate surface area is 168 Å². The topological polar surface area (TPSA) is 63.6 Å². The van der Waals surface area contributed by atoms with Gasteiger partial charge in [-0.2, -0.15) is 0 Å². The van der Waals surface area contributed by atoms with E-state index in [-0.39, 0.29) is 0 Å². The van der Waals surface area contributed by atoms with Crippen molar-refractivity contribution >= 4 is 32.6 Å². The summed E-state index contributed by atoms with van der Waals surface area (Å²) in [5, 5.41) is 1.02. The van der Waals surface area contributed by atoms with Gasteiger partial charge in [-0.3, -0.25) is 0 Å². The first-order valence-corrected chi connectivity index (χ1v) is 10.2. The summed E-state index contributed by atoms with van der Waals surface area (Å²) in [5.74, 6) is 2.41. The number of methoxy groups -OCH3 is 2. The fourth-order valence-corrected chi connectivity index (χ4v) is 4.71. The van der Waals surface area contributed by atoms with Gasteiger partial charge in [0, 0.05) is 38.6 Å². The number of aryl methyl sites for hydroxylation is 1. The molecule has 0 spiro atoms. The number of ether oxygens (including phenoxy) is 2. The van der Waals surface area contributed by atoms with E-state index >= 15 is 0 Å². The van der Waals surface area contributed by atoms with Gasteiger partial charge in [-0.1, -0.05) is 11.3 Å². The standard InChI is InChI=1S/C20H25N5O2S/c1-13-11-21-19(22-12-13)24(2)14-7-9-25(10-8-14)20-23-17-15(26-3)5-6-16(27-4)18(17)28-20/h5-6,11-12,14H,7-10H2,1-4H3. The average Bonchev–Trinajstić information content (AvgIpc) is 3.19. The third-order valence-electron chi connectivity index (χ3n) is 5.26. The van der Waals surface area contributed by atoms with Crippen molar-refractivity contribution in [3.05, 3.63) is 30.1 Å². The third kappa shape index (κ3) is 3.44. The van der Waals surface area contributed by atoms with Crippen LogP contribution in [0.1, 0.15) is 18.4 Å². The van der Waals surface area contributed by atoms with Gasteiger partial charge in [0.1, 0.15) is 21.7 Å². The highest BCUT2D eigenvalue weighted by Gasteiger charge is 2.26. The summed E-state index contributed by atoms with van der Waals surface area (Å²) >= 11 is 1.66. The number of hydrogen-bond donors (Lipinski definition) is 0. The van der Waals surface area contributed by atoms with Gasteiger partial charge < -0.3 is 19.3 Å². The monoisotopic (exact) mass is 399 g/mol. The van der Waals surface area contributed by atoms with Crippen LogP contribution < -0.4 is 19.3 Å². The Morgan fingerprint density at radius 2 is 1.71 bits per heavy atom. The zero-order valence-electron chi connectivity index (χ0n) is 16.7. The van der Waals surface area contributed by atoms with E-state index in [1.165, 1.54) is 0 Å². The zero-order valence-corrected chi connectivity index (χ0v) is 17.5. The number of aromatic nitrogens is 3. The molecule has 0 atom stereocenters. The van der Waals surface area contributed by atoms with Crippen molar-refractivity contribution in [2.24, 2.45) is 0 Å². The maximum atomic E-state index is 5.51. The second-order valence-corrected chi connectivity index (χ2v) is 8.01. The van der Waals surface area contributed by atoms with Crippen molar-refractivity contribution in [2.45, 2.75) is 25.8 Å². The molecule has 8 heteroatoms. The van der Waals surface area contributed by atoms with E-state index in [9.17, 15) is 0 Å². The van der Waals surface area contributed by atoms with Crippen molar-refractivity contribution in [1.29, 1.82) is 0 Å². The Kier molecular flexibility index (Phi) is 5.21. The number of piperidine rings is 1. The smallest absolute Gasteiger partial charge is 0.225 e. The van der Waals surface area contributed by atoms with E-state index in [4.69, 9.17) is 14.5 Å². The molecule has 3 heterocycles. The van der Waals surface area contributed by atoms with Crippen molar-refractivity contribution in [3.63, 3.8) is 0 Å². The predicted octanol–water partition coefficient (Wildman–Crippen LogP) is 3.52. The van der Waals surface area contributed by atoms with E-state index in [2.05, 4.69) is 26.8 Å². The van der Waals surface area contributed by atoms with Crippen LogP contribution in [-0.2, 0) is 0 Å². The van der Waals surface area contributed by atoms with Gasteiger partial charge in [0.05, 0.1) is 14.2 Å². The number of benzene rings is 1. The molecule has 148 valence electrons. The molecule has 0 amide bonds. The number of anilines is 2. The maximum absolute atomic E-state index is 5.51. The lowest BCUT2D eigenvalue weighted by Crippen LogP contribution is -2.44. The van der Waals surface area contributed by atoms with Gasteiger partial charge >= 0.3 is 0 Å². The fraction of sp³-hybridized carbons (Fsp3) is 0.450. The number of fused-ring (bicyclic) bond motifs is 1. The minimum Gasteiger partial charge on any atom is -0.495 e. The highest BCUT2D eigenvalue weighted by Crippen LogP contribution is 2.40. The van der Waals surface area contributed by atoms with Gasteiger partial charge in [0.25, 0.3) is 0 Å². The number of thiazole rings is 1. The van der Waals surface area contributed by atoms with Crippen LogP contribution in [-0.4, -0.2) is 55.4 Å². The molecule has 0 bridgehead atoms. The van der Waals surface area contributed by atoms with Crippen molar-refractivity contribution in [1.82, 2.24) is 15.0 Å². The molecule has 0 saturated carbocycles. The average molecular weight is 400 g/mol. The summed E-state index contributed by atoms with van der Waals surface area (Å²) in [5.41, 5.74) is 1.95. The summed E-state index contributed by atoms with van der Waals surface area (Å²) in [4.78, 5) is 18.3. The van der Waals surface area contributed by atoms with E-state index in [0.29, 0.717) is 6.04 Å². The quantitative estimate of drug-likeness (QED) is 0.650. The van der Waals surface area contributed by atoms with Gasteiger partial charge in [0.2, 0.25) is 5.95 Å². The molecule has 4 rings (SSSR count). The second kappa shape index (κ2) is 7.79. The highest BCUT2D eigenvalue weighted by atomic mass is 32.1. The van der Waals surface area contributed by atoms with Crippen LogP contribution in [0.3, 0.4) is 0 Å². The van der Waals surface area contributed by atoms with Crippen LogP contribution in [0.4, 0.5) is 11.1 Å². The molecule has 7 nitrogen and oxygen atoms in total. The summed E-state index contributed by atoms with van der Waals surface area (Å²) in [6, 6.07) is 4.27. The first-order valence-electron chi connectivity index (χ1n) is 9.38. The maximum Gasteiger partial charge on any atom is 0.225 e. The highest BCUT2D eigenvalue weighted by molar-refractivity contribution is 7.22. The Bertz CT molecular complexity index is 910. The van der Waals surface area contributed by atoms with E-state index in [1.807, 2.05) is 31.5 Å². The van der Waals surface area contributed by atoms with E-state index < -0.39 is 0 Å². The lowest BCUT2D eigenvalue weighted by Gasteiger charge is -2.36. The molecule has 2 aromatic heterocycles. The number of rotatable bonds is 5. The number of hydrogen-bond acceptors (Lipinski definition) is 8. The van der Waals surface area contributed by atoms with E-state index in [0.717, 1.165) is 64.3 Å². The molecule has 28 heavy (non-hydrogen) atoms.